The highest BCUT2D eigenvalue weighted by molar-refractivity contribution is 5.99. The van der Waals surface area contributed by atoms with E-state index < -0.39 is 0 Å². The van der Waals surface area contributed by atoms with Crippen molar-refractivity contribution in [3.63, 3.8) is 0 Å². The fraction of sp³-hybridized carbons (Fsp3) is 0.217. The summed E-state index contributed by atoms with van der Waals surface area (Å²) in [6.07, 6.45) is 2.47. The number of benzene rings is 1. The Balaban J connectivity index is 1.74. The Bertz CT molecular complexity index is 977. The highest BCUT2D eigenvalue weighted by Gasteiger charge is 2.14. The number of carbonyl (C=O) groups is 2. The van der Waals surface area contributed by atoms with Gasteiger partial charge in [0.25, 0.3) is 5.91 Å². The van der Waals surface area contributed by atoms with Gasteiger partial charge in [0.05, 0.1) is 11.3 Å². The normalized spacial score (nSPS) is 10.3. The molecule has 3 N–H and O–H groups in total. The third kappa shape index (κ3) is 6.13. The van der Waals surface area contributed by atoms with Crippen molar-refractivity contribution in [2.45, 2.75) is 13.3 Å². The van der Waals surface area contributed by atoms with Gasteiger partial charge in [-0.05, 0) is 24.3 Å². The van der Waals surface area contributed by atoms with E-state index in [-0.39, 0.29) is 11.8 Å². The van der Waals surface area contributed by atoms with E-state index in [2.05, 4.69) is 25.9 Å². The quantitative estimate of drug-likeness (QED) is 0.478. The second kappa shape index (κ2) is 10.7. The number of hydrogen-bond donors (Lipinski definition) is 3. The van der Waals surface area contributed by atoms with Crippen molar-refractivity contribution in [1.29, 1.82) is 0 Å². The molecular weight excluding hydrogens is 378 g/mol. The van der Waals surface area contributed by atoms with Crippen LogP contribution in [0.5, 0.6) is 0 Å². The highest BCUT2D eigenvalue weighted by atomic mass is 16.2. The van der Waals surface area contributed by atoms with Crippen LogP contribution in [-0.2, 0) is 11.2 Å². The van der Waals surface area contributed by atoms with Crippen molar-refractivity contribution in [2.75, 3.05) is 25.0 Å². The number of amides is 2. The van der Waals surface area contributed by atoms with Crippen LogP contribution in [0.2, 0.25) is 0 Å². The standard InChI is InChI=1S/C23H25N5O2/c1-17(29)24-15-16-27-23(30)20-10-11-21(18-7-3-2-4-8-18)28-22(20)26-14-12-19-9-5-6-13-25-19/h2-11,13H,12,14-16H2,1H3,(H,24,29)(H,26,28)(H,27,30). The van der Waals surface area contributed by atoms with E-state index in [0.29, 0.717) is 37.4 Å². The van der Waals surface area contributed by atoms with Crippen LogP contribution in [0.3, 0.4) is 0 Å². The first-order chi connectivity index (χ1) is 14.6. The van der Waals surface area contributed by atoms with E-state index in [9.17, 15) is 9.59 Å². The van der Waals surface area contributed by atoms with Gasteiger partial charge in [0.2, 0.25) is 5.91 Å². The minimum absolute atomic E-state index is 0.130. The minimum Gasteiger partial charge on any atom is -0.369 e. The Labute approximate surface area is 176 Å². The first-order valence-corrected chi connectivity index (χ1v) is 9.86. The summed E-state index contributed by atoms with van der Waals surface area (Å²) in [5, 5.41) is 8.75. The van der Waals surface area contributed by atoms with Gasteiger partial charge in [0, 0.05) is 50.4 Å². The molecule has 0 aliphatic rings. The van der Waals surface area contributed by atoms with Gasteiger partial charge in [0.1, 0.15) is 5.82 Å². The van der Waals surface area contributed by atoms with Crippen LogP contribution < -0.4 is 16.0 Å². The molecule has 3 rings (SSSR count). The third-order valence-corrected chi connectivity index (χ3v) is 4.39. The lowest BCUT2D eigenvalue weighted by atomic mass is 10.1. The summed E-state index contributed by atoms with van der Waals surface area (Å²) in [6.45, 7) is 2.75. The minimum atomic E-state index is -0.243. The Morgan fingerprint density at radius 1 is 0.867 bits per heavy atom. The topological polar surface area (TPSA) is 96.0 Å². The van der Waals surface area contributed by atoms with E-state index in [4.69, 9.17) is 0 Å². The molecule has 0 unspecified atom stereocenters. The molecular formula is C23H25N5O2. The van der Waals surface area contributed by atoms with Crippen LogP contribution in [0.4, 0.5) is 5.82 Å². The van der Waals surface area contributed by atoms with E-state index in [1.165, 1.54) is 6.92 Å². The summed E-state index contributed by atoms with van der Waals surface area (Å²) in [4.78, 5) is 32.7. The van der Waals surface area contributed by atoms with Crippen molar-refractivity contribution in [1.82, 2.24) is 20.6 Å². The molecule has 3 aromatic rings. The lowest BCUT2D eigenvalue weighted by Crippen LogP contribution is -2.34. The van der Waals surface area contributed by atoms with Gasteiger partial charge in [-0.25, -0.2) is 4.98 Å². The van der Waals surface area contributed by atoms with Gasteiger partial charge >= 0.3 is 0 Å². The average Bonchev–Trinajstić information content (AvgIpc) is 2.78. The first-order valence-electron chi connectivity index (χ1n) is 9.86. The van der Waals surface area contributed by atoms with Gasteiger partial charge in [0.15, 0.2) is 0 Å². The Morgan fingerprint density at radius 2 is 1.63 bits per heavy atom. The largest absolute Gasteiger partial charge is 0.369 e. The molecule has 30 heavy (non-hydrogen) atoms. The number of nitrogens with one attached hydrogen (secondary N) is 3. The maximum Gasteiger partial charge on any atom is 0.255 e. The molecule has 2 amide bonds. The maximum atomic E-state index is 12.7. The van der Waals surface area contributed by atoms with E-state index in [1.807, 2.05) is 54.6 Å². The summed E-state index contributed by atoms with van der Waals surface area (Å²) >= 11 is 0. The second-order valence-electron chi connectivity index (χ2n) is 6.70. The second-order valence-corrected chi connectivity index (χ2v) is 6.70. The Hall–Kier alpha value is -3.74. The summed E-state index contributed by atoms with van der Waals surface area (Å²) in [5.74, 6) is 0.145. The van der Waals surface area contributed by atoms with Crippen molar-refractivity contribution < 1.29 is 9.59 Å². The van der Waals surface area contributed by atoms with E-state index in [1.54, 1.807) is 12.3 Å². The van der Waals surface area contributed by atoms with Crippen LogP contribution in [0.1, 0.15) is 23.0 Å². The molecule has 0 saturated heterocycles. The predicted octanol–water partition coefficient (Wildman–Crippen LogP) is 2.66. The zero-order valence-electron chi connectivity index (χ0n) is 16.9. The van der Waals surface area contributed by atoms with Crippen LogP contribution >= 0.6 is 0 Å². The third-order valence-electron chi connectivity index (χ3n) is 4.39. The lowest BCUT2D eigenvalue weighted by molar-refractivity contribution is -0.118. The molecule has 0 aliphatic heterocycles. The van der Waals surface area contributed by atoms with E-state index in [0.717, 1.165) is 17.0 Å². The van der Waals surface area contributed by atoms with Crippen LogP contribution in [-0.4, -0.2) is 41.4 Å². The lowest BCUT2D eigenvalue weighted by Gasteiger charge is -2.13. The number of rotatable bonds is 9. The van der Waals surface area contributed by atoms with Gasteiger partial charge in [-0.2, -0.15) is 0 Å². The first kappa shape index (κ1) is 21.0. The predicted molar refractivity (Wildman–Crippen MR) is 117 cm³/mol. The van der Waals surface area contributed by atoms with Crippen LogP contribution in [0.25, 0.3) is 11.3 Å². The summed E-state index contributed by atoms with van der Waals surface area (Å²) in [7, 11) is 0. The van der Waals surface area contributed by atoms with Gasteiger partial charge in [-0.15, -0.1) is 0 Å². The summed E-state index contributed by atoms with van der Waals surface area (Å²) in [6, 6.07) is 19.2. The van der Waals surface area contributed by atoms with Crippen LogP contribution in [0.15, 0.2) is 66.9 Å². The molecule has 2 aromatic heterocycles. The molecule has 0 spiro atoms. The molecule has 0 fully saturated rings. The molecule has 0 bridgehead atoms. The van der Waals surface area contributed by atoms with Crippen molar-refractivity contribution in [3.05, 3.63) is 78.1 Å². The number of anilines is 1. The molecule has 0 aliphatic carbocycles. The molecule has 0 atom stereocenters. The number of hydrogen-bond acceptors (Lipinski definition) is 5. The average molecular weight is 403 g/mol. The fourth-order valence-corrected chi connectivity index (χ4v) is 2.91. The van der Waals surface area contributed by atoms with E-state index >= 15 is 0 Å². The molecule has 154 valence electrons. The summed E-state index contributed by atoms with van der Waals surface area (Å²) < 4.78 is 0. The molecule has 0 radical (unpaired) electrons. The van der Waals surface area contributed by atoms with Gasteiger partial charge in [-0.3, -0.25) is 14.6 Å². The number of pyridine rings is 2. The SMILES string of the molecule is CC(=O)NCCNC(=O)c1ccc(-c2ccccc2)nc1NCCc1ccccn1. The van der Waals surface area contributed by atoms with Crippen molar-refractivity contribution in [2.24, 2.45) is 0 Å². The monoisotopic (exact) mass is 403 g/mol. The molecule has 7 heteroatoms. The zero-order chi connectivity index (χ0) is 21.2. The summed E-state index contributed by atoms with van der Waals surface area (Å²) in [5.41, 5.74) is 3.18. The zero-order valence-corrected chi connectivity index (χ0v) is 16.9. The molecule has 1 aromatic carbocycles. The Morgan fingerprint density at radius 3 is 2.37 bits per heavy atom. The number of nitrogens with zero attached hydrogens (tertiary/aromatic N) is 2. The number of carbonyl (C=O) groups excluding carboxylic acids is 2. The van der Waals surface area contributed by atoms with Crippen molar-refractivity contribution in [3.8, 4) is 11.3 Å². The maximum absolute atomic E-state index is 12.7. The van der Waals surface area contributed by atoms with Gasteiger partial charge < -0.3 is 16.0 Å². The van der Waals surface area contributed by atoms with Crippen molar-refractivity contribution >= 4 is 17.6 Å². The molecule has 0 saturated carbocycles. The smallest absolute Gasteiger partial charge is 0.255 e. The highest BCUT2D eigenvalue weighted by Crippen LogP contribution is 2.22. The fourth-order valence-electron chi connectivity index (χ4n) is 2.91. The van der Waals surface area contributed by atoms with Crippen LogP contribution in [0, 0.1) is 0 Å². The van der Waals surface area contributed by atoms with Gasteiger partial charge in [-0.1, -0.05) is 36.4 Å². The molecule has 7 nitrogen and oxygen atoms in total. The Kier molecular flexibility index (Phi) is 7.49. The molecule has 2 heterocycles. The number of aromatic nitrogens is 2.